The Morgan fingerprint density at radius 3 is 2.46 bits per heavy atom. The standard InChI is InChI=1S/C19H22N2O4S/c1-25-15-5-3-4-13(10-15)11-20-18(23)19(24)21-12-17(22)14-6-8-16(26-2)9-7-14/h3-10,17,22H,11-12H2,1-2H3,(H,20,23)(H,21,24). The van der Waals surface area contributed by atoms with Crippen molar-refractivity contribution in [1.29, 1.82) is 0 Å². The van der Waals surface area contributed by atoms with Gasteiger partial charge in [0, 0.05) is 18.0 Å². The lowest BCUT2D eigenvalue weighted by molar-refractivity contribution is -0.139. The molecule has 0 radical (unpaired) electrons. The zero-order chi connectivity index (χ0) is 18.9. The first-order valence-corrected chi connectivity index (χ1v) is 9.27. The van der Waals surface area contributed by atoms with Crippen LogP contribution in [0.4, 0.5) is 0 Å². The fourth-order valence-electron chi connectivity index (χ4n) is 2.26. The molecule has 0 aromatic heterocycles. The first kappa shape index (κ1) is 19.8. The van der Waals surface area contributed by atoms with Gasteiger partial charge in [-0.2, -0.15) is 0 Å². The third kappa shape index (κ3) is 5.79. The van der Waals surface area contributed by atoms with Gasteiger partial charge in [0.05, 0.1) is 13.2 Å². The lowest BCUT2D eigenvalue weighted by Gasteiger charge is -2.13. The van der Waals surface area contributed by atoms with E-state index < -0.39 is 17.9 Å². The van der Waals surface area contributed by atoms with E-state index in [1.807, 2.05) is 24.5 Å². The molecule has 1 unspecified atom stereocenters. The highest BCUT2D eigenvalue weighted by molar-refractivity contribution is 7.98. The van der Waals surface area contributed by atoms with E-state index in [-0.39, 0.29) is 13.1 Å². The van der Waals surface area contributed by atoms with E-state index in [4.69, 9.17) is 4.74 Å². The fourth-order valence-corrected chi connectivity index (χ4v) is 2.67. The van der Waals surface area contributed by atoms with Crippen LogP contribution in [-0.4, -0.2) is 36.8 Å². The molecule has 0 heterocycles. The lowest BCUT2D eigenvalue weighted by atomic mass is 10.1. The molecule has 0 bridgehead atoms. The quantitative estimate of drug-likeness (QED) is 0.509. The molecular weight excluding hydrogens is 352 g/mol. The molecule has 0 fully saturated rings. The minimum Gasteiger partial charge on any atom is -0.497 e. The molecule has 2 amide bonds. The second kappa shape index (κ2) is 9.84. The van der Waals surface area contributed by atoms with E-state index >= 15 is 0 Å². The van der Waals surface area contributed by atoms with Crippen LogP contribution in [0.1, 0.15) is 17.2 Å². The van der Waals surface area contributed by atoms with Crippen molar-refractivity contribution in [2.45, 2.75) is 17.5 Å². The van der Waals surface area contributed by atoms with Gasteiger partial charge in [-0.3, -0.25) is 9.59 Å². The maximum atomic E-state index is 11.9. The van der Waals surface area contributed by atoms with Gasteiger partial charge in [-0.05, 0) is 41.6 Å². The number of hydrogen-bond acceptors (Lipinski definition) is 5. The minimum absolute atomic E-state index is 0.0377. The summed E-state index contributed by atoms with van der Waals surface area (Å²) in [6, 6.07) is 14.6. The van der Waals surface area contributed by atoms with E-state index in [2.05, 4.69) is 10.6 Å². The molecule has 0 aliphatic heterocycles. The number of thioether (sulfide) groups is 1. The molecule has 0 saturated carbocycles. The van der Waals surface area contributed by atoms with Crippen LogP contribution in [0.5, 0.6) is 5.75 Å². The normalized spacial score (nSPS) is 11.5. The number of amides is 2. The molecule has 0 spiro atoms. The predicted molar refractivity (Wildman–Crippen MR) is 101 cm³/mol. The molecule has 2 rings (SSSR count). The highest BCUT2D eigenvalue weighted by atomic mass is 32.2. The smallest absolute Gasteiger partial charge is 0.309 e. The number of nitrogens with one attached hydrogen (secondary N) is 2. The van der Waals surface area contributed by atoms with Crippen molar-refractivity contribution in [2.24, 2.45) is 0 Å². The van der Waals surface area contributed by atoms with Crippen molar-refractivity contribution >= 4 is 23.6 Å². The van der Waals surface area contributed by atoms with Gasteiger partial charge in [0.25, 0.3) is 0 Å². The molecule has 3 N–H and O–H groups in total. The Balaban J connectivity index is 1.79. The first-order valence-electron chi connectivity index (χ1n) is 8.04. The van der Waals surface area contributed by atoms with E-state index in [1.54, 1.807) is 49.2 Å². The number of ether oxygens (including phenoxy) is 1. The maximum absolute atomic E-state index is 11.9. The summed E-state index contributed by atoms with van der Waals surface area (Å²) in [5.41, 5.74) is 1.50. The Labute approximate surface area is 156 Å². The summed E-state index contributed by atoms with van der Waals surface area (Å²) in [6.45, 7) is 0.173. The topological polar surface area (TPSA) is 87.7 Å². The van der Waals surface area contributed by atoms with Crippen molar-refractivity contribution in [1.82, 2.24) is 10.6 Å². The van der Waals surface area contributed by atoms with Gasteiger partial charge in [-0.15, -0.1) is 11.8 Å². The van der Waals surface area contributed by atoms with Crippen molar-refractivity contribution in [2.75, 3.05) is 19.9 Å². The highest BCUT2D eigenvalue weighted by Gasteiger charge is 2.15. The second-order valence-corrected chi connectivity index (χ2v) is 6.41. The van der Waals surface area contributed by atoms with Crippen molar-refractivity contribution < 1.29 is 19.4 Å². The Bertz CT molecular complexity index is 749. The zero-order valence-corrected chi connectivity index (χ0v) is 15.5. The van der Waals surface area contributed by atoms with Gasteiger partial charge in [0.1, 0.15) is 5.75 Å². The Kier molecular flexibility index (Phi) is 7.50. The van der Waals surface area contributed by atoms with E-state index in [0.717, 1.165) is 10.5 Å². The number of benzene rings is 2. The molecule has 2 aromatic rings. The summed E-state index contributed by atoms with van der Waals surface area (Å²) >= 11 is 1.61. The highest BCUT2D eigenvalue weighted by Crippen LogP contribution is 2.18. The number of aliphatic hydroxyl groups excluding tert-OH is 1. The van der Waals surface area contributed by atoms with Crippen molar-refractivity contribution in [3.05, 3.63) is 59.7 Å². The Morgan fingerprint density at radius 2 is 1.81 bits per heavy atom. The van der Waals surface area contributed by atoms with Crippen LogP contribution < -0.4 is 15.4 Å². The second-order valence-electron chi connectivity index (χ2n) is 5.53. The van der Waals surface area contributed by atoms with Gasteiger partial charge in [-0.1, -0.05) is 24.3 Å². The summed E-state index contributed by atoms with van der Waals surface area (Å²) in [5.74, 6) is -0.859. The number of hydrogen-bond donors (Lipinski definition) is 3. The fraction of sp³-hybridized carbons (Fsp3) is 0.263. The predicted octanol–water partition coefficient (Wildman–Crippen LogP) is 1.88. The summed E-state index contributed by atoms with van der Waals surface area (Å²) in [5, 5.41) is 15.1. The average molecular weight is 374 g/mol. The van der Waals surface area contributed by atoms with Crippen LogP contribution in [0.25, 0.3) is 0 Å². The molecular formula is C19H22N2O4S. The van der Waals surface area contributed by atoms with Gasteiger partial charge in [-0.25, -0.2) is 0 Å². The van der Waals surface area contributed by atoms with Gasteiger partial charge in [0.2, 0.25) is 0 Å². The average Bonchev–Trinajstić information content (AvgIpc) is 2.70. The number of carbonyl (C=O) groups excluding carboxylic acids is 2. The third-order valence-corrected chi connectivity index (χ3v) is 4.49. The third-order valence-electron chi connectivity index (χ3n) is 3.75. The number of methoxy groups -OCH3 is 1. The number of aliphatic hydroxyl groups is 1. The Morgan fingerprint density at radius 1 is 1.12 bits per heavy atom. The minimum atomic E-state index is -0.874. The maximum Gasteiger partial charge on any atom is 0.309 e. The number of carbonyl (C=O) groups is 2. The summed E-state index contributed by atoms with van der Waals surface area (Å²) in [7, 11) is 1.56. The van der Waals surface area contributed by atoms with Crippen LogP contribution in [0.3, 0.4) is 0 Å². The van der Waals surface area contributed by atoms with Crippen LogP contribution in [0.15, 0.2) is 53.4 Å². The molecule has 26 heavy (non-hydrogen) atoms. The molecule has 6 nitrogen and oxygen atoms in total. The number of rotatable bonds is 7. The van der Waals surface area contributed by atoms with E-state index in [0.29, 0.717) is 11.3 Å². The van der Waals surface area contributed by atoms with E-state index in [9.17, 15) is 14.7 Å². The molecule has 7 heteroatoms. The summed E-state index contributed by atoms with van der Waals surface area (Å²) in [4.78, 5) is 24.8. The first-order chi connectivity index (χ1) is 12.5. The largest absolute Gasteiger partial charge is 0.497 e. The lowest BCUT2D eigenvalue weighted by Crippen LogP contribution is -2.41. The van der Waals surface area contributed by atoms with Crippen LogP contribution in [0.2, 0.25) is 0 Å². The van der Waals surface area contributed by atoms with Crippen LogP contribution in [-0.2, 0) is 16.1 Å². The van der Waals surface area contributed by atoms with Crippen LogP contribution in [0, 0.1) is 0 Å². The van der Waals surface area contributed by atoms with Gasteiger partial charge in [0.15, 0.2) is 0 Å². The van der Waals surface area contributed by atoms with Crippen molar-refractivity contribution in [3.63, 3.8) is 0 Å². The molecule has 138 valence electrons. The zero-order valence-electron chi connectivity index (χ0n) is 14.7. The summed E-state index contributed by atoms with van der Waals surface area (Å²) in [6.07, 6.45) is 1.09. The van der Waals surface area contributed by atoms with Gasteiger partial charge < -0.3 is 20.5 Å². The molecule has 0 aliphatic rings. The van der Waals surface area contributed by atoms with Gasteiger partial charge >= 0.3 is 11.8 Å². The van der Waals surface area contributed by atoms with E-state index in [1.165, 1.54) is 0 Å². The molecule has 2 aromatic carbocycles. The molecule has 1 atom stereocenters. The molecule has 0 aliphatic carbocycles. The summed E-state index contributed by atoms with van der Waals surface area (Å²) < 4.78 is 5.11. The van der Waals surface area contributed by atoms with Crippen LogP contribution >= 0.6 is 11.8 Å². The molecule has 0 saturated heterocycles. The van der Waals surface area contributed by atoms with Crippen molar-refractivity contribution in [3.8, 4) is 5.75 Å². The monoisotopic (exact) mass is 374 g/mol. The SMILES string of the molecule is COc1cccc(CNC(=O)C(=O)NCC(O)c2ccc(SC)cc2)c1. The Hall–Kier alpha value is -2.51.